The van der Waals surface area contributed by atoms with E-state index < -0.39 is 5.97 Å². The molecular formula is C15H16N2O2. The van der Waals surface area contributed by atoms with Crippen LogP contribution < -0.4 is 5.32 Å². The van der Waals surface area contributed by atoms with Crippen LogP contribution in [0.15, 0.2) is 30.3 Å². The third-order valence-electron chi connectivity index (χ3n) is 3.65. The fourth-order valence-electron chi connectivity index (χ4n) is 2.37. The van der Waals surface area contributed by atoms with E-state index in [9.17, 15) is 9.90 Å². The van der Waals surface area contributed by atoms with Gasteiger partial charge in [-0.2, -0.15) is 0 Å². The zero-order valence-electron chi connectivity index (χ0n) is 10.8. The van der Waals surface area contributed by atoms with Crippen LogP contribution in [0.5, 0.6) is 0 Å². The van der Waals surface area contributed by atoms with Crippen molar-refractivity contribution in [3.8, 4) is 0 Å². The number of pyridine rings is 1. The molecule has 4 heteroatoms. The van der Waals surface area contributed by atoms with E-state index in [0.717, 1.165) is 0 Å². The van der Waals surface area contributed by atoms with E-state index in [4.69, 9.17) is 0 Å². The molecular weight excluding hydrogens is 240 g/mol. The van der Waals surface area contributed by atoms with Gasteiger partial charge < -0.3 is 10.4 Å². The second-order valence-electron chi connectivity index (χ2n) is 5.15. The molecule has 3 rings (SSSR count). The molecule has 0 radical (unpaired) electrons. The van der Waals surface area contributed by atoms with Crippen molar-refractivity contribution in [2.75, 3.05) is 5.32 Å². The van der Waals surface area contributed by atoms with Crippen LogP contribution in [0.25, 0.3) is 10.9 Å². The number of nitrogens with one attached hydrogen (secondary N) is 1. The Bertz CT molecular complexity index is 635. The summed E-state index contributed by atoms with van der Waals surface area (Å²) < 4.78 is 0. The molecule has 0 amide bonds. The highest BCUT2D eigenvalue weighted by Gasteiger charge is 2.28. The Balaban J connectivity index is 2.02. The summed E-state index contributed by atoms with van der Waals surface area (Å²) in [5.41, 5.74) is 1.02. The molecule has 19 heavy (non-hydrogen) atoms. The van der Waals surface area contributed by atoms with Gasteiger partial charge >= 0.3 is 5.97 Å². The molecule has 0 aliphatic heterocycles. The standard InChI is InChI=1S/C15H16N2O2/c1-9(10-6-7-10)16-14-8-12(15(18)19)11-4-2-3-5-13(11)17-14/h2-5,8-10H,6-7H2,1H3,(H,16,17)(H,18,19). The van der Waals surface area contributed by atoms with Crippen LogP contribution in [0, 0.1) is 5.92 Å². The van der Waals surface area contributed by atoms with Crippen LogP contribution in [-0.2, 0) is 0 Å². The number of hydrogen-bond donors (Lipinski definition) is 2. The first kappa shape index (κ1) is 12.0. The molecule has 0 spiro atoms. The van der Waals surface area contributed by atoms with Gasteiger partial charge in [-0.15, -0.1) is 0 Å². The topological polar surface area (TPSA) is 62.2 Å². The molecule has 1 aliphatic rings. The minimum atomic E-state index is -0.916. The first-order valence-electron chi connectivity index (χ1n) is 6.55. The lowest BCUT2D eigenvalue weighted by atomic mass is 10.1. The van der Waals surface area contributed by atoms with Gasteiger partial charge in [0.2, 0.25) is 0 Å². The quantitative estimate of drug-likeness (QED) is 0.882. The highest BCUT2D eigenvalue weighted by atomic mass is 16.4. The van der Waals surface area contributed by atoms with Crippen molar-refractivity contribution >= 4 is 22.7 Å². The van der Waals surface area contributed by atoms with Gasteiger partial charge in [0.15, 0.2) is 0 Å². The number of fused-ring (bicyclic) bond motifs is 1. The molecule has 0 saturated heterocycles. The number of aromatic nitrogens is 1. The highest BCUT2D eigenvalue weighted by molar-refractivity contribution is 6.03. The molecule has 1 unspecified atom stereocenters. The van der Waals surface area contributed by atoms with Crippen LogP contribution in [0.4, 0.5) is 5.82 Å². The van der Waals surface area contributed by atoms with Crippen molar-refractivity contribution in [2.24, 2.45) is 5.92 Å². The number of aromatic carboxylic acids is 1. The molecule has 1 aromatic carbocycles. The monoisotopic (exact) mass is 256 g/mol. The summed E-state index contributed by atoms with van der Waals surface area (Å²) in [7, 11) is 0. The molecule has 1 heterocycles. The Morgan fingerprint density at radius 3 is 2.84 bits per heavy atom. The SMILES string of the molecule is CC(Nc1cc(C(=O)O)c2ccccc2n1)C1CC1. The Kier molecular flexibility index (Phi) is 2.85. The Morgan fingerprint density at radius 2 is 2.16 bits per heavy atom. The van der Waals surface area contributed by atoms with E-state index in [1.54, 1.807) is 12.1 Å². The van der Waals surface area contributed by atoms with Gasteiger partial charge in [-0.1, -0.05) is 18.2 Å². The first-order valence-corrected chi connectivity index (χ1v) is 6.55. The van der Waals surface area contributed by atoms with Gasteiger partial charge in [-0.05, 0) is 37.8 Å². The lowest BCUT2D eigenvalue weighted by molar-refractivity contribution is 0.0699. The van der Waals surface area contributed by atoms with Gasteiger partial charge in [0, 0.05) is 11.4 Å². The maximum atomic E-state index is 11.3. The molecule has 1 aromatic heterocycles. The van der Waals surface area contributed by atoms with E-state index >= 15 is 0 Å². The number of carboxylic acids is 1. The Labute approximate surface area is 111 Å². The zero-order valence-corrected chi connectivity index (χ0v) is 10.8. The van der Waals surface area contributed by atoms with Gasteiger partial charge in [0.1, 0.15) is 5.82 Å². The lowest BCUT2D eigenvalue weighted by Gasteiger charge is -2.14. The fourth-order valence-corrected chi connectivity index (χ4v) is 2.37. The number of rotatable bonds is 4. The van der Waals surface area contributed by atoms with Crippen LogP contribution >= 0.6 is 0 Å². The molecule has 1 fully saturated rings. The third kappa shape index (κ3) is 2.38. The average molecular weight is 256 g/mol. The molecule has 0 bridgehead atoms. The predicted molar refractivity (Wildman–Crippen MR) is 74.5 cm³/mol. The average Bonchev–Trinajstić information content (AvgIpc) is 3.21. The normalized spacial score (nSPS) is 16.3. The smallest absolute Gasteiger partial charge is 0.336 e. The summed E-state index contributed by atoms with van der Waals surface area (Å²) in [6, 6.07) is 9.30. The number of para-hydroxylation sites is 1. The summed E-state index contributed by atoms with van der Waals surface area (Å²) in [6.45, 7) is 2.12. The van der Waals surface area contributed by atoms with Crippen molar-refractivity contribution in [3.05, 3.63) is 35.9 Å². The summed E-state index contributed by atoms with van der Waals surface area (Å²) in [5, 5.41) is 13.3. The van der Waals surface area contributed by atoms with Crippen molar-refractivity contribution in [1.82, 2.24) is 4.98 Å². The maximum Gasteiger partial charge on any atom is 0.336 e. The van der Waals surface area contributed by atoms with Crippen molar-refractivity contribution in [2.45, 2.75) is 25.8 Å². The summed E-state index contributed by atoms with van der Waals surface area (Å²) >= 11 is 0. The molecule has 4 nitrogen and oxygen atoms in total. The molecule has 1 atom stereocenters. The van der Waals surface area contributed by atoms with Crippen LogP contribution in [0.1, 0.15) is 30.1 Å². The fraction of sp³-hybridized carbons (Fsp3) is 0.333. The van der Waals surface area contributed by atoms with E-state index in [1.165, 1.54) is 12.8 Å². The van der Waals surface area contributed by atoms with E-state index in [2.05, 4.69) is 17.2 Å². The van der Waals surface area contributed by atoms with Crippen LogP contribution in [0.3, 0.4) is 0 Å². The predicted octanol–water partition coefficient (Wildman–Crippen LogP) is 3.14. The van der Waals surface area contributed by atoms with Crippen molar-refractivity contribution in [3.63, 3.8) is 0 Å². The van der Waals surface area contributed by atoms with Crippen molar-refractivity contribution < 1.29 is 9.90 Å². The van der Waals surface area contributed by atoms with Crippen LogP contribution in [-0.4, -0.2) is 22.1 Å². The molecule has 1 saturated carbocycles. The highest BCUT2D eigenvalue weighted by Crippen LogP contribution is 2.34. The number of hydrogen-bond acceptors (Lipinski definition) is 3. The Morgan fingerprint density at radius 1 is 1.42 bits per heavy atom. The van der Waals surface area contributed by atoms with Gasteiger partial charge in [0.25, 0.3) is 0 Å². The van der Waals surface area contributed by atoms with Gasteiger partial charge in [0.05, 0.1) is 11.1 Å². The number of anilines is 1. The van der Waals surface area contributed by atoms with E-state index in [-0.39, 0.29) is 0 Å². The van der Waals surface area contributed by atoms with E-state index in [1.807, 2.05) is 18.2 Å². The summed E-state index contributed by atoms with van der Waals surface area (Å²) in [6.07, 6.45) is 2.49. The van der Waals surface area contributed by atoms with E-state index in [0.29, 0.717) is 34.2 Å². The number of carboxylic acid groups (broad SMARTS) is 1. The van der Waals surface area contributed by atoms with Gasteiger partial charge in [-0.3, -0.25) is 0 Å². The number of carbonyl (C=O) groups is 1. The zero-order chi connectivity index (χ0) is 13.4. The minimum absolute atomic E-state index is 0.302. The second-order valence-corrected chi connectivity index (χ2v) is 5.15. The molecule has 2 N–H and O–H groups in total. The largest absolute Gasteiger partial charge is 0.478 e. The Hall–Kier alpha value is -2.10. The molecule has 1 aliphatic carbocycles. The maximum absolute atomic E-state index is 11.3. The van der Waals surface area contributed by atoms with Crippen molar-refractivity contribution in [1.29, 1.82) is 0 Å². The number of benzene rings is 1. The van der Waals surface area contributed by atoms with Crippen LogP contribution in [0.2, 0.25) is 0 Å². The molecule has 2 aromatic rings. The number of nitrogens with zero attached hydrogens (tertiary/aromatic N) is 1. The summed E-state index contributed by atoms with van der Waals surface area (Å²) in [4.78, 5) is 15.8. The minimum Gasteiger partial charge on any atom is -0.478 e. The van der Waals surface area contributed by atoms with Gasteiger partial charge in [-0.25, -0.2) is 9.78 Å². The third-order valence-corrected chi connectivity index (χ3v) is 3.65. The second kappa shape index (κ2) is 4.53. The summed E-state index contributed by atoms with van der Waals surface area (Å²) in [5.74, 6) is 0.428. The first-order chi connectivity index (χ1) is 9.15. The lowest BCUT2D eigenvalue weighted by Crippen LogP contribution is -2.18. The molecule has 98 valence electrons.